The molecule has 0 spiro atoms. The molecule has 19 heavy (non-hydrogen) atoms. The average Bonchev–Trinajstić information content (AvgIpc) is 2.43. The van der Waals surface area contributed by atoms with Crippen molar-refractivity contribution in [2.75, 3.05) is 6.61 Å². The van der Waals surface area contributed by atoms with Crippen LogP contribution >= 0.6 is 0 Å². The molecule has 1 atom stereocenters. The summed E-state index contributed by atoms with van der Waals surface area (Å²) in [5, 5.41) is 0. The molecular formula is C17H37NO. The lowest BCUT2D eigenvalue weighted by Gasteiger charge is -2.37. The number of unbranched alkanes of at least 4 members (excludes halogenated alkanes) is 6. The Balaban J connectivity index is 3.84. The van der Waals surface area contributed by atoms with E-state index in [4.69, 9.17) is 10.5 Å². The zero-order chi connectivity index (χ0) is 14.6. The Morgan fingerprint density at radius 3 is 1.84 bits per heavy atom. The molecule has 2 nitrogen and oxygen atoms in total. The molecule has 2 heteroatoms. The molecule has 0 aromatic rings. The van der Waals surface area contributed by atoms with Gasteiger partial charge in [-0.3, -0.25) is 0 Å². The largest absolute Gasteiger partial charge is 0.374 e. The summed E-state index contributed by atoms with van der Waals surface area (Å²) < 4.78 is 5.97. The molecule has 0 fully saturated rings. The molecule has 0 aliphatic heterocycles. The van der Waals surface area contributed by atoms with Gasteiger partial charge in [-0.25, -0.2) is 0 Å². The van der Waals surface area contributed by atoms with E-state index in [1.807, 2.05) is 0 Å². The second-order valence-electron chi connectivity index (χ2n) is 5.72. The van der Waals surface area contributed by atoms with Crippen LogP contribution in [-0.2, 0) is 4.74 Å². The third kappa shape index (κ3) is 7.31. The highest BCUT2D eigenvalue weighted by Crippen LogP contribution is 2.27. The maximum absolute atomic E-state index is 6.40. The summed E-state index contributed by atoms with van der Waals surface area (Å²) in [6.07, 6.45) is 12.6. The van der Waals surface area contributed by atoms with Crippen LogP contribution in [0.3, 0.4) is 0 Å². The van der Waals surface area contributed by atoms with Crippen LogP contribution in [0.5, 0.6) is 0 Å². The second kappa shape index (κ2) is 11.7. The lowest BCUT2D eigenvalue weighted by molar-refractivity contribution is -0.0654. The lowest BCUT2D eigenvalue weighted by Crippen LogP contribution is -2.49. The normalized spacial score (nSPS) is 13.7. The first kappa shape index (κ1) is 18.9. The van der Waals surface area contributed by atoms with Gasteiger partial charge in [0.1, 0.15) is 0 Å². The van der Waals surface area contributed by atoms with Crippen molar-refractivity contribution in [3.8, 4) is 0 Å². The van der Waals surface area contributed by atoms with Crippen LogP contribution in [0.4, 0.5) is 0 Å². The zero-order valence-electron chi connectivity index (χ0n) is 13.8. The van der Waals surface area contributed by atoms with Crippen LogP contribution in [0.1, 0.15) is 91.9 Å². The Labute approximate surface area is 121 Å². The van der Waals surface area contributed by atoms with Crippen molar-refractivity contribution in [3.05, 3.63) is 0 Å². The molecule has 0 aliphatic carbocycles. The summed E-state index contributed by atoms with van der Waals surface area (Å²) in [4.78, 5) is 0. The van der Waals surface area contributed by atoms with E-state index in [-0.39, 0.29) is 11.6 Å². The molecule has 0 saturated heterocycles. The highest BCUT2D eigenvalue weighted by molar-refractivity contribution is 4.89. The van der Waals surface area contributed by atoms with Gasteiger partial charge in [0.15, 0.2) is 0 Å². The summed E-state index contributed by atoms with van der Waals surface area (Å²) in [5.74, 6) is 0. The van der Waals surface area contributed by atoms with Crippen molar-refractivity contribution in [3.63, 3.8) is 0 Å². The van der Waals surface area contributed by atoms with Crippen molar-refractivity contribution in [2.45, 2.75) is 104 Å². The molecule has 0 aromatic heterocycles. The van der Waals surface area contributed by atoms with E-state index < -0.39 is 0 Å². The quantitative estimate of drug-likeness (QED) is 0.476. The number of ether oxygens (including phenoxy) is 1. The Hall–Kier alpha value is -0.0800. The third-order valence-corrected chi connectivity index (χ3v) is 4.42. The Morgan fingerprint density at radius 2 is 1.37 bits per heavy atom. The van der Waals surface area contributed by atoms with E-state index >= 15 is 0 Å². The van der Waals surface area contributed by atoms with Gasteiger partial charge in [-0.2, -0.15) is 0 Å². The maximum atomic E-state index is 6.40. The predicted octanol–water partition coefficient (Wildman–Crippen LogP) is 5.05. The first-order valence-corrected chi connectivity index (χ1v) is 8.56. The fourth-order valence-corrected chi connectivity index (χ4v) is 2.96. The minimum atomic E-state index is -0.0863. The highest BCUT2D eigenvalue weighted by atomic mass is 16.5. The van der Waals surface area contributed by atoms with Crippen LogP contribution in [-0.4, -0.2) is 18.2 Å². The average molecular weight is 271 g/mol. The Bertz CT molecular complexity index is 190. The minimum absolute atomic E-state index is 0.0863. The van der Waals surface area contributed by atoms with E-state index in [0.717, 1.165) is 25.9 Å². The summed E-state index contributed by atoms with van der Waals surface area (Å²) in [6, 6.07) is 0.193. The SMILES string of the molecule is CCCCCCCCCC(N)C(CC)(CC)OCC. The summed E-state index contributed by atoms with van der Waals surface area (Å²) in [5.41, 5.74) is 6.31. The molecule has 2 N–H and O–H groups in total. The fourth-order valence-electron chi connectivity index (χ4n) is 2.96. The van der Waals surface area contributed by atoms with Gasteiger partial charge in [-0.1, -0.05) is 65.7 Å². The van der Waals surface area contributed by atoms with Crippen molar-refractivity contribution in [1.82, 2.24) is 0 Å². The van der Waals surface area contributed by atoms with Crippen LogP contribution in [0.25, 0.3) is 0 Å². The smallest absolute Gasteiger partial charge is 0.0827 e. The number of hydrogen-bond acceptors (Lipinski definition) is 2. The summed E-state index contributed by atoms with van der Waals surface area (Å²) in [6.45, 7) is 9.50. The zero-order valence-corrected chi connectivity index (χ0v) is 13.8. The minimum Gasteiger partial charge on any atom is -0.374 e. The van der Waals surface area contributed by atoms with Gasteiger partial charge >= 0.3 is 0 Å². The summed E-state index contributed by atoms with van der Waals surface area (Å²) >= 11 is 0. The van der Waals surface area contributed by atoms with Gasteiger partial charge in [-0.05, 0) is 26.2 Å². The molecular weight excluding hydrogens is 234 g/mol. The van der Waals surface area contributed by atoms with Gasteiger partial charge in [-0.15, -0.1) is 0 Å². The topological polar surface area (TPSA) is 35.2 Å². The number of hydrogen-bond donors (Lipinski definition) is 1. The standard InChI is InChI=1S/C17H37NO/c1-5-9-10-11-12-13-14-15-16(18)17(6-2,7-3)19-8-4/h16H,5-15,18H2,1-4H3. The van der Waals surface area contributed by atoms with Crippen LogP contribution in [0.15, 0.2) is 0 Å². The number of rotatable bonds is 13. The fraction of sp³-hybridized carbons (Fsp3) is 1.00. The van der Waals surface area contributed by atoms with Crippen LogP contribution < -0.4 is 5.73 Å². The van der Waals surface area contributed by atoms with Gasteiger partial charge in [0, 0.05) is 12.6 Å². The third-order valence-electron chi connectivity index (χ3n) is 4.42. The first-order chi connectivity index (χ1) is 9.16. The van der Waals surface area contributed by atoms with Crippen molar-refractivity contribution >= 4 is 0 Å². The van der Waals surface area contributed by atoms with Gasteiger partial charge in [0.2, 0.25) is 0 Å². The molecule has 0 radical (unpaired) electrons. The van der Waals surface area contributed by atoms with Gasteiger partial charge < -0.3 is 10.5 Å². The molecule has 0 rings (SSSR count). The van der Waals surface area contributed by atoms with Crippen LogP contribution in [0, 0.1) is 0 Å². The lowest BCUT2D eigenvalue weighted by atomic mass is 9.85. The molecule has 0 aromatic carbocycles. The van der Waals surface area contributed by atoms with E-state index in [2.05, 4.69) is 27.7 Å². The Morgan fingerprint density at radius 1 is 0.842 bits per heavy atom. The van der Waals surface area contributed by atoms with Crippen molar-refractivity contribution in [2.24, 2.45) is 5.73 Å². The van der Waals surface area contributed by atoms with Crippen molar-refractivity contribution < 1.29 is 4.74 Å². The maximum Gasteiger partial charge on any atom is 0.0827 e. The van der Waals surface area contributed by atoms with Crippen molar-refractivity contribution in [1.29, 1.82) is 0 Å². The second-order valence-corrected chi connectivity index (χ2v) is 5.72. The van der Waals surface area contributed by atoms with E-state index in [1.54, 1.807) is 0 Å². The Kier molecular flexibility index (Phi) is 11.7. The van der Waals surface area contributed by atoms with Gasteiger partial charge in [0.25, 0.3) is 0 Å². The first-order valence-electron chi connectivity index (χ1n) is 8.56. The molecule has 0 aliphatic rings. The van der Waals surface area contributed by atoms with E-state index in [1.165, 1.54) is 44.9 Å². The molecule has 0 saturated carbocycles. The van der Waals surface area contributed by atoms with E-state index in [9.17, 15) is 0 Å². The predicted molar refractivity (Wildman–Crippen MR) is 85.5 cm³/mol. The number of nitrogens with two attached hydrogens (primary N) is 1. The molecule has 1 unspecified atom stereocenters. The summed E-state index contributed by atoms with van der Waals surface area (Å²) in [7, 11) is 0. The van der Waals surface area contributed by atoms with Gasteiger partial charge in [0.05, 0.1) is 5.60 Å². The van der Waals surface area contributed by atoms with Crippen LogP contribution in [0.2, 0.25) is 0 Å². The molecule has 0 bridgehead atoms. The monoisotopic (exact) mass is 271 g/mol. The highest BCUT2D eigenvalue weighted by Gasteiger charge is 2.33. The van der Waals surface area contributed by atoms with E-state index in [0.29, 0.717) is 0 Å². The molecule has 0 amide bonds. The molecule has 116 valence electrons. The molecule has 0 heterocycles.